The Hall–Kier alpha value is -1.30. The SMILES string of the molecule is CC[C@H]1OC(=O)[C@H](C)[C@@H](O[C@@H]2C[C@](C)(OC)[C@H](O)[C@@H](C)O2)[C@H](C)[C@@H](O[C@H]2O[C@@H](C)CC(=O)[C@@H]2O)[C@](C)(O)C[C@@H](C)CN(C)[C@H](C)[C@@H](O)[C@]1(C)O. The molecule has 3 aliphatic rings. The van der Waals surface area contributed by atoms with Crippen LogP contribution in [0.3, 0.4) is 0 Å². The lowest BCUT2D eigenvalue weighted by atomic mass is 9.77. The zero-order valence-electron chi connectivity index (χ0n) is 32.1. The summed E-state index contributed by atoms with van der Waals surface area (Å²) in [6.07, 6.45) is -10.4. The average Bonchev–Trinajstić information content (AvgIpc) is 3.03. The first-order chi connectivity index (χ1) is 23.0. The molecule has 14 nitrogen and oxygen atoms in total. The Balaban J connectivity index is 2.16. The molecular weight excluding hydrogens is 654 g/mol. The van der Waals surface area contributed by atoms with Crippen molar-refractivity contribution in [2.24, 2.45) is 17.8 Å². The molecule has 0 radical (unpaired) electrons. The van der Waals surface area contributed by atoms with E-state index < -0.39 is 108 Å². The van der Waals surface area contributed by atoms with E-state index in [-0.39, 0.29) is 31.6 Å². The molecule has 3 fully saturated rings. The Kier molecular flexibility index (Phi) is 14.5. The van der Waals surface area contributed by atoms with Crippen LogP contribution in [0.25, 0.3) is 0 Å². The van der Waals surface area contributed by atoms with Gasteiger partial charge in [0.05, 0.1) is 41.5 Å². The Morgan fingerprint density at radius 2 is 1.54 bits per heavy atom. The van der Waals surface area contributed by atoms with Gasteiger partial charge in [-0.15, -0.1) is 0 Å². The van der Waals surface area contributed by atoms with E-state index in [9.17, 15) is 35.1 Å². The second kappa shape index (κ2) is 16.8. The van der Waals surface area contributed by atoms with Crippen LogP contribution in [0.1, 0.15) is 94.9 Å². The number of carbonyl (C=O) groups excluding carboxylic acids is 2. The fourth-order valence-electron chi connectivity index (χ4n) is 8.10. The number of hydrogen-bond acceptors (Lipinski definition) is 14. The third-order valence-electron chi connectivity index (χ3n) is 11.4. The minimum absolute atomic E-state index is 0.00332. The highest BCUT2D eigenvalue weighted by Crippen LogP contribution is 2.39. The molecule has 0 aromatic carbocycles. The number of rotatable bonds is 6. The van der Waals surface area contributed by atoms with E-state index in [0.717, 1.165) is 0 Å². The van der Waals surface area contributed by atoms with Gasteiger partial charge in [0.15, 0.2) is 24.5 Å². The first-order valence-electron chi connectivity index (χ1n) is 18.1. The number of methoxy groups -OCH3 is 1. The van der Waals surface area contributed by atoms with E-state index in [4.69, 9.17) is 28.4 Å². The molecule has 0 spiro atoms. The summed E-state index contributed by atoms with van der Waals surface area (Å²) in [4.78, 5) is 28.6. The number of cyclic esters (lactones) is 1. The van der Waals surface area contributed by atoms with Crippen molar-refractivity contribution in [2.45, 2.75) is 179 Å². The Morgan fingerprint density at radius 1 is 0.920 bits per heavy atom. The van der Waals surface area contributed by atoms with E-state index in [2.05, 4.69) is 0 Å². The molecule has 3 saturated heterocycles. The van der Waals surface area contributed by atoms with Crippen LogP contribution in [0, 0.1) is 17.8 Å². The predicted octanol–water partition coefficient (Wildman–Crippen LogP) is 1.54. The quantitative estimate of drug-likeness (QED) is 0.248. The fraction of sp³-hybridized carbons (Fsp3) is 0.944. The van der Waals surface area contributed by atoms with Gasteiger partial charge in [0.25, 0.3) is 0 Å². The van der Waals surface area contributed by atoms with Crippen LogP contribution in [-0.2, 0) is 38.0 Å². The van der Waals surface area contributed by atoms with E-state index >= 15 is 0 Å². The van der Waals surface area contributed by atoms with Gasteiger partial charge in [-0.05, 0) is 74.3 Å². The van der Waals surface area contributed by atoms with E-state index in [1.807, 2.05) is 11.8 Å². The molecule has 0 unspecified atom stereocenters. The smallest absolute Gasteiger partial charge is 0.311 e. The molecule has 292 valence electrons. The number of hydrogen-bond donors (Lipinski definition) is 5. The monoisotopic (exact) mass is 719 g/mol. The largest absolute Gasteiger partial charge is 0.459 e. The van der Waals surface area contributed by atoms with E-state index in [0.29, 0.717) is 6.54 Å². The maximum Gasteiger partial charge on any atom is 0.311 e. The van der Waals surface area contributed by atoms with Crippen molar-refractivity contribution in [3.8, 4) is 0 Å². The van der Waals surface area contributed by atoms with Crippen LogP contribution in [0.4, 0.5) is 0 Å². The number of Topliss-reactive ketones (excluding diaryl/α,β-unsaturated/α-hetero) is 1. The van der Waals surface area contributed by atoms with Gasteiger partial charge in [-0.1, -0.05) is 20.8 Å². The zero-order chi connectivity index (χ0) is 38.1. The number of aliphatic hydroxyl groups is 5. The van der Waals surface area contributed by atoms with Crippen LogP contribution in [0.5, 0.6) is 0 Å². The lowest BCUT2D eigenvalue weighted by Crippen LogP contribution is -2.59. The summed E-state index contributed by atoms with van der Waals surface area (Å²) in [6, 6.07) is -0.566. The maximum absolute atomic E-state index is 14.1. The van der Waals surface area contributed by atoms with Gasteiger partial charge in [-0.3, -0.25) is 9.59 Å². The zero-order valence-corrected chi connectivity index (χ0v) is 32.1. The van der Waals surface area contributed by atoms with Crippen molar-refractivity contribution >= 4 is 11.8 Å². The van der Waals surface area contributed by atoms with Crippen LogP contribution in [0.2, 0.25) is 0 Å². The summed E-state index contributed by atoms with van der Waals surface area (Å²) in [5.41, 5.74) is -4.52. The van der Waals surface area contributed by atoms with Crippen molar-refractivity contribution in [3.05, 3.63) is 0 Å². The van der Waals surface area contributed by atoms with E-state index in [1.54, 1.807) is 62.4 Å². The van der Waals surface area contributed by atoms with Crippen LogP contribution < -0.4 is 0 Å². The number of carbonyl (C=O) groups is 2. The highest BCUT2D eigenvalue weighted by Gasteiger charge is 2.52. The van der Waals surface area contributed by atoms with Gasteiger partial charge in [0.2, 0.25) is 0 Å². The van der Waals surface area contributed by atoms with Crippen LogP contribution in [0.15, 0.2) is 0 Å². The summed E-state index contributed by atoms with van der Waals surface area (Å²) in [6.45, 7) is 17.3. The van der Waals surface area contributed by atoms with Crippen molar-refractivity contribution < 1.29 is 63.5 Å². The normalized spacial score (nSPS) is 49.5. The standard InChI is InChI=1S/C36H65NO13/c1-13-25-36(10,44)29(40)22(6)37(11)17-18(2)15-34(8,43)31(50-33-27(39)24(38)14-19(3)46-33)20(4)28(21(5)32(42)48-25)49-26-16-35(9,45-12)30(41)23(7)47-26/h18-23,25-31,33,39-41,43-44H,13-17H2,1-12H3/t18-,19+,20+,21-,22-,23-,25-,26-,27+,28+,29-,30-,31-,33-,34-,35+,36-/m1/s1. The van der Waals surface area contributed by atoms with Crippen LogP contribution >= 0.6 is 0 Å². The molecule has 0 amide bonds. The van der Waals surface area contributed by atoms with Gasteiger partial charge in [0.1, 0.15) is 23.9 Å². The molecule has 3 rings (SSSR count). The Bertz CT molecular complexity index is 1140. The third kappa shape index (κ3) is 9.43. The van der Waals surface area contributed by atoms with Crippen molar-refractivity contribution in [1.29, 1.82) is 0 Å². The minimum atomic E-state index is -1.82. The van der Waals surface area contributed by atoms with Gasteiger partial charge >= 0.3 is 5.97 Å². The van der Waals surface area contributed by atoms with Gasteiger partial charge < -0.3 is 58.9 Å². The van der Waals surface area contributed by atoms with Crippen molar-refractivity contribution in [1.82, 2.24) is 4.90 Å². The predicted molar refractivity (Wildman–Crippen MR) is 182 cm³/mol. The molecule has 0 aromatic heterocycles. The molecule has 0 aromatic rings. The molecule has 0 saturated carbocycles. The minimum Gasteiger partial charge on any atom is -0.459 e. The van der Waals surface area contributed by atoms with Crippen molar-refractivity contribution in [3.63, 3.8) is 0 Å². The number of aliphatic hydroxyl groups excluding tert-OH is 3. The summed E-state index contributed by atoms with van der Waals surface area (Å²) in [5.74, 6) is -3.28. The number of ketones is 1. The molecular formula is C36H65NO13. The highest BCUT2D eigenvalue weighted by molar-refractivity contribution is 5.84. The Labute approximate surface area is 297 Å². The fourth-order valence-corrected chi connectivity index (χ4v) is 8.10. The number of nitrogens with zero attached hydrogens (tertiary/aromatic N) is 1. The molecule has 14 heteroatoms. The third-order valence-corrected chi connectivity index (χ3v) is 11.4. The number of likely N-dealkylation sites (N-methyl/N-ethyl adjacent to an activating group) is 1. The van der Waals surface area contributed by atoms with E-state index in [1.165, 1.54) is 14.0 Å². The summed E-state index contributed by atoms with van der Waals surface area (Å²) in [7, 11) is 3.28. The first kappa shape index (κ1) is 43.1. The van der Waals surface area contributed by atoms with Crippen LogP contribution in [-0.4, -0.2) is 147 Å². The van der Waals surface area contributed by atoms with Gasteiger partial charge in [-0.2, -0.15) is 0 Å². The lowest BCUT2D eigenvalue weighted by molar-refractivity contribution is -0.311. The lowest BCUT2D eigenvalue weighted by Gasteiger charge is -2.48. The summed E-state index contributed by atoms with van der Waals surface area (Å²) >= 11 is 0. The highest BCUT2D eigenvalue weighted by atomic mass is 16.7. The second-order valence-corrected chi connectivity index (χ2v) is 16.0. The molecule has 5 N–H and O–H groups in total. The van der Waals surface area contributed by atoms with Gasteiger partial charge in [0, 0.05) is 38.5 Å². The summed E-state index contributed by atoms with van der Waals surface area (Å²) < 4.78 is 36.6. The number of esters is 1. The Morgan fingerprint density at radius 3 is 2.12 bits per heavy atom. The summed E-state index contributed by atoms with van der Waals surface area (Å²) in [5, 5.41) is 57.1. The van der Waals surface area contributed by atoms with Crippen molar-refractivity contribution in [2.75, 3.05) is 20.7 Å². The molecule has 17 atom stereocenters. The molecule has 3 heterocycles. The van der Waals surface area contributed by atoms with Gasteiger partial charge in [-0.25, -0.2) is 0 Å². The molecule has 0 bridgehead atoms. The molecule has 50 heavy (non-hydrogen) atoms. The molecule has 0 aliphatic carbocycles. The first-order valence-corrected chi connectivity index (χ1v) is 18.1. The molecule has 3 aliphatic heterocycles. The second-order valence-electron chi connectivity index (χ2n) is 16.0. The number of ether oxygens (including phenoxy) is 6. The maximum atomic E-state index is 14.1. The topological polar surface area (TPSA) is 194 Å². The average molecular weight is 720 g/mol.